The number of hydrogen-bond acceptors (Lipinski definition) is 6. The molecule has 10 heteroatoms. The molecular formula is C20H21N3O6S. The first-order valence-corrected chi connectivity index (χ1v) is 11.0. The fourth-order valence-corrected chi connectivity index (χ4v) is 5.70. The van der Waals surface area contributed by atoms with Gasteiger partial charge in [0.25, 0.3) is 5.69 Å². The number of para-hydroxylation sites is 1. The number of anilines is 1. The van der Waals surface area contributed by atoms with Gasteiger partial charge in [-0.2, -0.15) is 4.31 Å². The number of nitrogens with zero attached hydrogens (tertiary/aromatic N) is 3. The number of benzene rings is 2. The molecule has 0 radical (unpaired) electrons. The molecule has 0 aromatic heterocycles. The lowest BCUT2D eigenvalue weighted by Gasteiger charge is -2.39. The third-order valence-electron chi connectivity index (χ3n) is 5.59. The molecule has 0 saturated carbocycles. The topological polar surface area (TPSA) is 110 Å². The quantitative estimate of drug-likeness (QED) is 0.543. The molecule has 2 aromatic rings. The highest BCUT2D eigenvalue weighted by molar-refractivity contribution is 7.89. The molecule has 1 amide bonds. The van der Waals surface area contributed by atoms with Crippen molar-refractivity contribution in [2.24, 2.45) is 0 Å². The van der Waals surface area contributed by atoms with Gasteiger partial charge in [-0.1, -0.05) is 24.3 Å². The van der Waals surface area contributed by atoms with Crippen molar-refractivity contribution in [3.8, 4) is 0 Å². The lowest BCUT2D eigenvalue weighted by molar-refractivity contribution is -0.385. The highest BCUT2D eigenvalue weighted by atomic mass is 32.2. The van der Waals surface area contributed by atoms with E-state index in [0.29, 0.717) is 18.4 Å². The second kappa shape index (κ2) is 7.69. The van der Waals surface area contributed by atoms with E-state index in [1.807, 2.05) is 24.3 Å². The number of nitro benzene ring substituents is 1. The van der Waals surface area contributed by atoms with Crippen molar-refractivity contribution in [1.82, 2.24) is 4.31 Å². The Morgan fingerprint density at radius 3 is 2.53 bits per heavy atom. The first-order chi connectivity index (χ1) is 14.3. The molecule has 0 unspecified atom stereocenters. The van der Waals surface area contributed by atoms with Gasteiger partial charge in [0.1, 0.15) is 6.61 Å². The van der Waals surface area contributed by atoms with Crippen molar-refractivity contribution >= 4 is 27.5 Å². The van der Waals surface area contributed by atoms with Crippen LogP contribution in [0.1, 0.15) is 24.0 Å². The van der Waals surface area contributed by atoms with Gasteiger partial charge in [-0.15, -0.1) is 0 Å². The highest BCUT2D eigenvalue weighted by Gasteiger charge is 2.37. The monoisotopic (exact) mass is 431 g/mol. The zero-order valence-corrected chi connectivity index (χ0v) is 17.2. The van der Waals surface area contributed by atoms with E-state index in [9.17, 15) is 23.3 Å². The van der Waals surface area contributed by atoms with E-state index >= 15 is 0 Å². The van der Waals surface area contributed by atoms with Crippen molar-refractivity contribution in [3.05, 3.63) is 63.7 Å². The van der Waals surface area contributed by atoms with Crippen LogP contribution in [0.4, 0.5) is 16.2 Å². The van der Waals surface area contributed by atoms with Crippen LogP contribution in [0.25, 0.3) is 0 Å². The Hall–Kier alpha value is -2.98. The summed E-state index contributed by atoms with van der Waals surface area (Å²) < 4.78 is 32.9. The minimum atomic E-state index is -3.88. The summed E-state index contributed by atoms with van der Waals surface area (Å²) in [4.78, 5) is 24.4. The predicted octanol–water partition coefficient (Wildman–Crippen LogP) is 3.21. The number of hydrogen-bond donors (Lipinski definition) is 0. The van der Waals surface area contributed by atoms with Crippen LogP contribution >= 0.6 is 0 Å². The SMILES string of the molecule is Cc1ccc([N+](=O)[O-])cc1S(=O)(=O)N1CCC(N2C(=O)OCc3ccccc32)CC1. The molecule has 2 aliphatic heterocycles. The Bertz CT molecular complexity index is 1110. The zero-order valence-electron chi connectivity index (χ0n) is 16.4. The maximum absolute atomic E-state index is 13.1. The Labute approximate surface area is 174 Å². The Balaban J connectivity index is 1.55. The summed E-state index contributed by atoms with van der Waals surface area (Å²) >= 11 is 0. The van der Waals surface area contributed by atoms with Gasteiger partial charge < -0.3 is 4.74 Å². The number of carbonyl (C=O) groups excluding carboxylic acids is 1. The lowest BCUT2D eigenvalue weighted by Crippen LogP contribution is -2.50. The van der Waals surface area contributed by atoms with Crippen molar-refractivity contribution in [3.63, 3.8) is 0 Å². The van der Waals surface area contributed by atoms with Crippen molar-refractivity contribution in [1.29, 1.82) is 0 Å². The van der Waals surface area contributed by atoms with Gasteiger partial charge in [0.05, 0.1) is 15.5 Å². The summed E-state index contributed by atoms with van der Waals surface area (Å²) in [6.07, 6.45) is 0.456. The molecule has 4 rings (SSSR count). The second-order valence-corrected chi connectivity index (χ2v) is 9.30. The number of fused-ring (bicyclic) bond motifs is 1. The third kappa shape index (κ3) is 3.52. The molecule has 0 atom stereocenters. The summed E-state index contributed by atoms with van der Waals surface area (Å²) in [5.41, 5.74) is 1.90. The maximum atomic E-state index is 13.1. The number of sulfonamides is 1. The van der Waals surface area contributed by atoms with Crippen LogP contribution in [0.2, 0.25) is 0 Å². The smallest absolute Gasteiger partial charge is 0.414 e. The molecule has 9 nitrogen and oxygen atoms in total. The molecule has 1 saturated heterocycles. The van der Waals surface area contributed by atoms with Gasteiger partial charge in [0, 0.05) is 36.8 Å². The molecule has 2 heterocycles. The average molecular weight is 431 g/mol. The molecule has 30 heavy (non-hydrogen) atoms. The highest BCUT2D eigenvalue weighted by Crippen LogP contribution is 2.33. The predicted molar refractivity (Wildman–Crippen MR) is 109 cm³/mol. The Morgan fingerprint density at radius 1 is 1.13 bits per heavy atom. The standard InChI is InChI=1S/C20H21N3O6S/c1-14-6-7-17(23(25)26)12-19(14)30(27,28)21-10-8-16(9-11-21)22-18-5-3-2-4-15(18)13-29-20(22)24/h2-7,12,16H,8-11,13H2,1H3. The minimum absolute atomic E-state index is 0.0575. The number of nitro groups is 1. The molecule has 0 N–H and O–H groups in total. The summed E-state index contributed by atoms with van der Waals surface area (Å²) in [6.45, 7) is 2.26. The van der Waals surface area contributed by atoms with E-state index in [4.69, 9.17) is 4.74 Å². The summed E-state index contributed by atoms with van der Waals surface area (Å²) in [5, 5.41) is 11.1. The summed E-state index contributed by atoms with van der Waals surface area (Å²) in [7, 11) is -3.88. The first kappa shape index (κ1) is 20.3. The van der Waals surface area contributed by atoms with Crippen molar-refractivity contribution in [2.45, 2.75) is 37.3 Å². The molecule has 2 aliphatic rings. The van der Waals surface area contributed by atoms with Gasteiger partial charge >= 0.3 is 6.09 Å². The number of non-ortho nitro benzene ring substituents is 1. The van der Waals surface area contributed by atoms with E-state index in [-0.39, 0.29) is 36.3 Å². The fourth-order valence-electron chi connectivity index (χ4n) is 3.98. The van der Waals surface area contributed by atoms with Crippen LogP contribution in [0.5, 0.6) is 0 Å². The number of amides is 1. The number of ether oxygens (including phenoxy) is 1. The van der Waals surface area contributed by atoms with Crippen LogP contribution in [0.15, 0.2) is 47.4 Å². The minimum Gasteiger partial charge on any atom is -0.444 e. The number of piperidine rings is 1. The van der Waals surface area contributed by atoms with Gasteiger partial charge in [0.15, 0.2) is 0 Å². The average Bonchev–Trinajstić information content (AvgIpc) is 2.74. The van der Waals surface area contributed by atoms with Gasteiger partial charge in [-0.25, -0.2) is 13.2 Å². The lowest BCUT2D eigenvalue weighted by atomic mass is 10.0. The van der Waals surface area contributed by atoms with E-state index in [0.717, 1.165) is 17.3 Å². The normalized spacial score (nSPS) is 18.0. The third-order valence-corrected chi connectivity index (χ3v) is 7.63. The fraction of sp³-hybridized carbons (Fsp3) is 0.350. The van der Waals surface area contributed by atoms with Gasteiger partial charge in [-0.05, 0) is 31.4 Å². The summed E-state index contributed by atoms with van der Waals surface area (Å²) in [6, 6.07) is 11.2. The van der Waals surface area contributed by atoms with Crippen molar-refractivity contribution < 1.29 is 22.9 Å². The molecule has 0 bridgehead atoms. The molecule has 0 spiro atoms. The zero-order chi connectivity index (χ0) is 21.5. The van der Waals surface area contributed by atoms with Crippen LogP contribution in [0.3, 0.4) is 0 Å². The number of aryl methyl sites for hydroxylation is 1. The van der Waals surface area contributed by atoms with Crippen LogP contribution in [-0.4, -0.2) is 42.9 Å². The number of cyclic esters (lactones) is 1. The Morgan fingerprint density at radius 2 is 1.83 bits per heavy atom. The van der Waals surface area contributed by atoms with E-state index in [1.165, 1.54) is 16.4 Å². The van der Waals surface area contributed by atoms with E-state index < -0.39 is 21.0 Å². The van der Waals surface area contributed by atoms with E-state index in [2.05, 4.69) is 0 Å². The molecular weight excluding hydrogens is 410 g/mol. The second-order valence-electron chi connectivity index (χ2n) is 7.40. The van der Waals surface area contributed by atoms with E-state index in [1.54, 1.807) is 11.8 Å². The van der Waals surface area contributed by atoms with Crippen LogP contribution in [-0.2, 0) is 21.4 Å². The van der Waals surface area contributed by atoms with Gasteiger partial charge in [0.2, 0.25) is 10.0 Å². The van der Waals surface area contributed by atoms with Gasteiger partial charge in [-0.3, -0.25) is 15.0 Å². The first-order valence-electron chi connectivity index (χ1n) is 9.58. The largest absolute Gasteiger partial charge is 0.444 e. The number of carbonyl (C=O) groups is 1. The van der Waals surface area contributed by atoms with Crippen LogP contribution in [0, 0.1) is 17.0 Å². The van der Waals surface area contributed by atoms with Crippen molar-refractivity contribution in [2.75, 3.05) is 18.0 Å². The molecule has 2 aromatic carbocycles. The maximum Gasteiger partial charge on any atom is 0.414 e. The van der Waals surface area contributed by atoms with Crippen LogP contribution < -0.4 is 4.90 Å². The molecule has 158 valence electrons. The molecule has 1 fully saturated rings. The number of rotatable bonds is 4. The summed E-state index contributed by atoms with van der Waals surface area (Å²) in [5.74, 6) is 0. The molecule has 0 aliphatic carbocycles. The Kier molecular flexibility index (Phi) is 5.20.